The van der Waals surface area contributed by atoms with E-state index >= 15 is 0 Å². The highest BCUT2D eigenvalue weighted by Crippen LogP contribution is 2.09. The van der Waals surface area contributed by atoms with Gasteiger partial charge in [0, 0.05) is 26.2 Å². The van der Waals surface area contributed by atoms with Crippen molar-refractivity contribution < 1.29 is 13.2 Å². The number of hydrogen-bond donors (Lipinski definition) is 1. The molecule has 18 heavy (non-hydrogen) atoms. The summed E-state index contributed by atoms with van der Waals surface area (Å²) in [7, 11) is -3.13. The first-order valence-corrected chi connectivity index (χ1v) is 7.61. The van der Waals surface area contributed by atoms with Crippen LogP contribution in [0.3, 0.4) is 0 Å². The molecule has 1 amide bonds. The highest BCUT2D eigenvalue weighted by molar-refractivity contribution is 7.88. The molecular formula is C11H19N3O3S. The zero-order valence-corrected chi connectivity index (χ0v) is 11.5. The summed E-state index contributed by atoms with van der Waals surface area (Å²) in [5, 5.41) is 2.62. The Balaban J connectivity index is 2.48. The first-order valence-electron chi connectivity index (χ1n) is 5.76. The molecule has 1 fully saturated rings. The molecule has 7 heteroatoms. The Labute approximate surface area is 108 Å². The highest BCUT2D eigenvalue weighted by atomic mass is 32.2. The first-order chi connectivity index (χ1) is 8.36. The van der Waals surface area contributed by atoms with Crippen LogP contribution in [0, 0.1) is 12.3 Å². The molecule has 1 saturated heterocycles. The zero-order valence-electron chi connectivity index (χ0n) is 10.7. The minimum atomic E-state index is -3.13. The van der Waals surface area contributed by atoms with Crippen LogP contribution >= 0.6 is 0 Å². The van der Waals surface area contributed by atoms with Crippen molar-refractivity contribution in [2.45, 2.75) is 13.0 Å². The number of carbonyl (C=O) groups is 1. The van der Waals surface area contributed by atoms with Crippen molar-refractivity contribution in [3.63, 3.8) is 0 Å². The van der Waals surface area contributed by atoms with E-state index in [1.807, 2.05) is 4.90 Å². The maximum atomic E-state index is 11.7. The predicted octanol–water partition coefficient (Wildman–Crippen LogP) is -1.30. The first kappa shape index (κ1) is 15.0. The minimum Gasteiger partial charge on any atom is -0.344 e. The lowest BCUT2D eigenvalue weighted by molar-refractivity contribution is -0.126. The summed E-state index contributed by atoms with van der Waals surface area (Å²) in [5.41, 5.74) is 0. The zero-order chi connectivity index (χ0) is 13.8. The molecule has 0 saturated carbocycles. The fourth-order valence-corrected chi connectivity index (χ4v) is 2.70. The number of hydrogen-bond acceptors (Lipinski definition) is 4. The van der Waals surface area contributed by atoms with Gasteiger partial charge in [0.2, 0.25) is 15.9 Å². The van der Waals surface area contributed by atoms with E-state index in [1.165, 1.54) is 10.6 Å². The maximum absolute atomic E-state index is 11.7. The fourth-order valence-electron chi connectivity index (χ4n) is 1.87. The van der Waals surface area contributed by atoms with E-state index in [0.717, 1.165) is 0 Å². The van der Waals surface area contributed by atoms with E-state index in [-0.39, 0.29) is 18.5 Å². The van der Waals surface area contributed by atoms with E-state index in [0.29, 0.717) is 26.2 Å². The second-order valence-electron chi connectivity index (χ2n) is 4.30. The van der Waals surface area contributed by atoms with Gasteiger partial charge in [0.05, 0.1) is 18.8 Å². The van der Waals surface area contributed by atoms with Crippen molar-refractivity contribution in [2.75, 3.05) is 39.0 Å². The normalized spacial score (nSPS) is 20.1. The summed E-state index contributed by atoms with van der Waals surface area (Å²) < 4.78 is 24.1. The monoisotopic (exact) mass is 273 g/mol. The van der Waals surface area contributed by atoms with Crippen molar-refractivity contribution in [2.24, 2.45) is 0 Å². The largest absolute Gasteiger partial charge is 0.344 e. The van der Waals surface area contributed by atoms with Gasteiger partial charge in [-0.1, -0.05) is 5.92 Å². The average Bonchev–Trinajstić information content (AvgIpc) is 2.34. The molecule has 0 radical (unpaired) electrons. The standard InChI is InChI=1S/C11H19N3O3S/c1-4-5-12-11(15)10(2)13-6-8-14(9-7-13)18(3,16)17/h1,10H,5-9H2,2-3H3,(H,12,15). The molecule has 1 aliphatic rings. The Morgan fingerprint density at radius 3 is 2.39 bits per heavy atom. The van der Waals surface area contributed by atoms with Crippen molar-refractivity contribution >= 4 is 15.9 Å². The van der Waals surface area contributed by atoms with Crippen LogP contribution in [0.15, 0.2) is 0 Å². The predicted molar refractivity (Wildman–Crippen MR) is 69.3 cm³/mol. The lowest BCUT2D eigenvalue weighted by atomic mass is 10.2. The number of terminal acetylenes is 1. The second kappa shape index (κ2) is 6.18. The number of nitrogens with one attached hydrogen (secondary N) is 1. The third-order valence-corrected chi connectivity index (χ3v) is 4.34. The van der Waals surface area contributed by atoms with Crippen LogP contribution in [0.4, 0.5) is 0 Å². The van der Waals surface area contributed by atoms with Gasteiger partial charge in [0.15, 0.2) is 0 Å². The van der Waals surface area contributed by atoms with Crippen molar-refractivity contribution in [1.29, 1.82) is 0 Å². The van der Waals surface area contributed by atoms with Gasteiger partial charge in [0.1, 0.15) is 0 Å². The number of piperazine rings is 1. The summed E-state index contributed by atoms with van der Waals surface area (Å²) in [5.74, 6) is 2.22. The lowest BCUT2D eigenvalue weighted by Gasteiger charge is -2.36. The summed E-state index contributed by atoms with van der Waals surface area (Å²) in [6.07, 6.45) is 6.27. The number of amides is 1. The van der Waals surface area contributed by atoms with Gasteiger partial charge >= 0.3 is 0 Å². The minimum absolute atomic E-state index is 0.124. The van der Waals surface area contributed by atoms with Crippen LogP contribution in [-0.4, -0.2) is 68.6 Å². The van der Waals surface area contributed by atoms with Crippen LogP contribution < -0.4 is 5.32 Å². The molecule has 6 nitrogen and oxygen atoms in total. The van der Waals surface area contributed by atoms with Gasteiger partial charge in [-0.15, -0.1) is 6.42 Å². The molecule has 0 aromatic heterocycles. The highest BCUT2D eigenvalue weighted by Gasteiger charge is 2.28. The number of sulfonamides is 1. The molecule has 0 aromatic carbocycles. The van der Waals surface area contributed by atoms with Crippen molar-refractivity contribution in [3.05, 3.63) is 0 Å². The molecule has 1 rings (SSSR count). The smallest absolute Gasteiger partial charge is 0.237 e. The molecule has 1 heterocycles. The van der Waals surface area contributed by atoms with Gasteiger partial charge in [-0.05, 0) is 6.92 Å². The topological polar surface area (TPSA) is 69.7 Å². The van der Waals surface area contributed by atoms with Crippen LogP contribution in [0.2, 0.25) is 0 Å². The Kier molecular flexibility index (Phi) is 5.14. The van der Waals surface area contributed by atoms with E-state index in [9.17, 15) is 13.2 Å². The van der Waals surface area contributed by atoms with Gasteiger partial charge in [-0.3, -0.25) is 9.69 Å². The van der Waals surface area contributed by atoms with Gasteiger partial charge < -0.3 is 5.32 Å². The maximum Gasteiger partial charge on any atom is 0.237 e. The molecule has 1 atom stereocenters. The van der Waals surface area contributed by atoms with Crippen LogP contribution in [0.25, 0.3) is 0 Å². The fraction of sp³-hybridized carbons (Fsp3) is 0.727. The Bertz CT molecular complexity index is 433. The van der Waals surface area contributed by atoms with E-state index in [1.54, 1.807) is 6.92 Å². The van der Waals surface area contributed by atoms with E-state index in [2.05, 4.69) is 11.2 Å². The average molecular weight is 273 g/mol. The SMILES string of the molecule is C#CCNC(=O)C(C)N1CCN(S(C)(=O)=O)CC1. The molecule has 1 unspecified atom stereocenters. The summed E-state index contributed by atoms with van der Waals surface area (Å²) >= 11 is 0. The molecule has 0 aromatic rings. The van der Waals surface area contributed by atoms with E-state index in [4.69, 9.17) is 6.42 Å². The van der Waals surface area contributed by atoms with Crippen molar-refractivity contribution in [1.82, 2.24) is 14.5 Å². The third kappa shape index (κ3) is 3.98. The second-order valence-corrected chi connectivity index (χ2v) is 6.28. The molecule has 0 aliphatic carbocycles. The third-order valence-electron chi connectivity index (χ3n) is 3.03. The molecular weight excluding hydrogens is 254 g/mol. The molecule has 102 valence electrons. The summed E-state index contributed by atoms with van der Waals surface area (Å²) in [4.78, 5) is 13.7. The molecule has 1 N–H and O–H groups in total. The number of nitrogens with zero attached hydrogens (tertiary/aromatic N) is 2. The molecule has 1 aliphatic heterocycles. The van der Waals surface area contributed by atoms with Crippen LogP contribution in [0.1, 0.15) is 6.92 Å². The van der Waals surface area contributed by atoms with Gasteiger partial charge in [-0.25, -0.2) is 8.42 Å². The number of rotatable bonds is 4. The quantitative estimate of drug-likeness (QED) is 0.647. The Hall–Kier alpha value is -1.10. The number of carbonyl (C=O) groups excluding carboxylic acids is 1. The van der Waals surface area contributed by atoms with Crippen LogP contribution in [-0.2, 0) is 14.8 Å². The Morgan fingerprint density at radius 1 is 1.39 bits per heavy atom. The molecule has 0 spiro atoms. The van der Waals surface area contributed by atoms with Crippen LogP contribution in [0.5, 0.6) is 0 Å². The van der Waals surface area contributed by atoms with E-state index < -0.39 is 10.0 Å². The lowest BCUT2D eigenvalue weighted by Crippen LogP contribution is -2.54. The summed E-state index contributed by atoms with van der Waals surface area (Å²) in [6.45, 7) is 3.96. The van der Waals surface area contributed by atoms with Gasteiger partial charge in [-0.2, -0.15) is 4.31 Å². The molecule has 0 bridgehead atoms. The van der Waals surface area contributed by atoms with Gasteiger partial charge in [0.25, 0.3) is 0 Å². The Morgan fingerprint density at radius 2 is 1.94 bits per heavy atom. The van der Waals surface area contributed by atoms with Crippen molar-refractivity contribution in [3.8, 4) is 12.3 Å². The summed E-state index contributed by atoms with van der Waals surface area (Å²) in [6, 6.07) is -0.292.